The van der Waals surface area contributed by atoms with Crippen LogP contribution >= 0.6 is 22.9 Å². The van der Waals surface area contributed by atoms with Gasteiger partial charge in [0.2, 0.25) is 0 Å². The van der Waals surface area contributed by atoms with Crippen LogP contribution in [0.3, 0.4) is 0 Å². The van der Waals surface area contributed by atoms with Gasteiger partial charge in [-0.15, -0.1) is 11.3 Å². The van der Waals surface area contributed by atoms with Crippen LogP contribution in [0.2, 0.25) is 5.02 Å². The Hall–Kier alpha value is -3.59. The molecule has 3 aromatic heterocycles. The highest BCUT2D eigenvalue weighted by Crippen LogP contribution is 2.42. The standard InChI is InChI=1S/C20H12ClN7S/c1-10-6-16(26-11(2)25-10)28-19-18-14(4-5-24-19)27-20(29-18)17-13(21)7-12(9-22)8-15(17)23-3/h4-8H,1-2H3,(H,24,25,26,28). The van der Waals surface area contributed by atoms with Crippen molar-refractivity contribution in [1.82, 2.24) is 19.9 Å². The van der Waals surface area contributed by atoms with Gasteiger partial charge in [-0.2, -0.15) is 5.26 Å². The van der Waals surface area contributed by atoms with Crippen molar-refractivity contribution < 1.29 is 0 Å². The van der Waals surface area contributed by atoms with Gasteiger partial charge in [0.05, 0.1) is 22.9 Å². The summed E-state index contributed by atoms with van der Waals surface area (Å²) in [7, 11) is 0. The number of halogens is 1. The minimum absolute atomic E-state index is 0.289. The molecular weight excluding hydrogens is 406 g/mol. The van der Waals surface area contributed by atoms with E-state index in [2.05, 4.69) is 30.1 Å². The number of hydrogen-bond acceptors (Lipinski definition) is 7. The molecule has 29 heavy (non-hydrogen) atoms. The van der Waals surface area contributed by atoms with Gasteiger partial charge >= 0.3 is 0 Å². The number of benzene rings is 1. The number of nitrogens with one attached hydrogen (secondary N) is 1. The second-order valence-corrected chi connectivity index (χ2v) is 7.58. The first-order valence-electron chi connectivity index (χ1n) is 8.45. The maximum Gasteiger partial charge on any atom is 0.200 e. The van der Waals surface area contributed by atoms with E-state index in [1.807, 2.05) is 26.0 Å². The molecule has 0 aliphatic carbocycles. The van der Waals surface area contributed by atoms with Crippen LogP contribution < -0.4 is 5.32 Å². The molecule has 0 saturated heterocycles. The number of aromatic nitrogens is 4. The molecule has 140 valence electrons. The number of rotatable bonds is 3. The van der Waals surface area contributed by atoms with E-state index in [-0.39, 0.29) is 5.69 Å². The van der Waals surface area contributed by atoms with Crippen molar-refractivity contribution in [3.05, 3.63) is 64.0 Å². The van der Waals surface area contributed by atoms with Gasteiger partial charge in [0.1, 0.15) is 16.6 Å². The molecule has 0 atom stereocenters. The average Bonchev–Trinajstić information content (AvgIpc) is 3.11. The summed E-state index contributed by atoms with van der Waals surface area (Å²) in [5.41, 5.74) is 2.72. The number of hydrogen-bond donors (Lipinski definition) is 1. The number of aryl methyl sites for hydroxylation is 2. The van der Waals surface area contributed by atoms with Crippen LogP contribution in [0.25, 0.3) is 25.6 Å². The third-order valence-corrected chi connectivity index (χ3v) is 5.44. The lowest BCUT2D eigenvalue weighted by Crippen LogP contribution is -2.00. The first-order chi connectivity index (χ1) is 14.0. The summed E-state index contributed by atoms with van der Waals surface area (Å²) in [5.74, 6) is 1.91. The summed E-state index contributed by atoms with van der Waals surface area (Å²) in [4.78, 5) is 21.3. The predicted molar refractivity (Wildman–Crippen MR) is 114 cm³/mol. The summed E-state index contributed by atoms with van der Waals surface area (Å²) in [6.45, 7) is 11.2. The topological polar surface area (TPSA) is 91.7 Å². The molecule has 1 aromatic carbocycles. The molecule has 9 heteroatoms. The second-order valence-electron chi connectivity index (χ2n) is 6.17. The van der Waals surface area contributed by atoms with Crippen molar-refractivity contribution in [2.45, 2.75) is 13.8 Å². The number of nitriles is 1. The zero-order valence-corrected chi connectivity index (χ0v) is 16.9. The van der Waals surface area contributed by atoms with Crippen molar-refractivity contribution in [3.63, 3.8) is 0 Å². The minimum atomic E-state index is 0.289. The van der Waals surface area contributed by atoms with Crippen LogP contribution in [0, 0.1) is 31.8 Å². The fourth-order valence-corrected chi connectivity index (χ4v) is 4.34. The maximum atomic E-state index is 9.12. The molecule has 0 saturated carbocycles. The zero-order chi connectivity index (χ0) is 20.5. The minimum Gasteiger partial charge on any atom is -0.324 e. The van der Waals surface area contributed by atoms with Gasteiger partial charge in [0.15, 0.2) is 11.5 Å². The van der Waals surface area contributed by atoms with Crippen LogP contribution in [0.15, 0.2) is 30.5 Å². The second kappa shape index (κ2) is 7.44. The SMILES string of the molecule is [C-]#[N+]c1cc(C#N)cc(Cl)c1-c1nc2ccnc(Nc3cc(C)nc(C)n3)c2s1. The Balaban J connectivity index is 1.84. The molecule has 0 unspecified atom stereocenters. The van der Waals surface area contributed by atoms with Crippen LogP contribution in [-0.4, -0.2) is 19.9 Å². The molecule has 4 rings (SSSR count). The number of fused-ring (bicyclic) bond motifs is 1. The Labute approximate surface area is 175 Å². The van der Waals surface area contributed by atoms with Crippen molar-refractivity contribution in [2.75, 3.05) is 5.32 Å². The summed E-state index contributed by atoms with van der Waals surface area (Å²) >= 11 is 7.75. The summed E-state index contributed by atoms with van der Waals surface area (Å²) in [5, 5.41) is 13.3. The third-order valence-electron chi connectivity index (χ3n) is 4.05. The van der Waals surface area contributed by atoms with Gasteiger partial charge in [0, 0.05) is 34.1 Å². The smallest absolute Gasteiger partial charge is 0.200 e. The molecule has 0 fully saturated rings. The van der Waals surface area contributed by atoms with E-state index in [0.717, 1.165) is 15.9 Å². The molecule has 3 heterocycles. The lowest BCUT2D eigenvalue weighted by atomic mass is 10.1. The van der Waals surface area contributed by atoms with E-state index in [4.69, 9.17) is 23.4 Å². The van der Waals surface area contributed by atoms with E-state index < -0.39 is 0 Å². The summed E-state index contributed by atoms with van der Waals surface area (Å²) in [6, 6.07) is 8.71. The number of anilines is 2. The molecule has 0 amide bonds. The Morgan fingerprint density at radius 3 is 2.76 bits per heavy atom. The van der Waals surface area contributed by atoms with Crippen molar-refractivity contribution in [2.24, 2.45) is 0 Å². The van der Waals surface area contributed by atoms with Crippen LogP contribution in [0.4, 0.5) is 17.3 Å². The molecule has 0 bridgehead atoms. The maximum absolute atomic E-state index is 9.12. The van der Waals surface area contributed by atoms with Gasteiger partial charge in [-0.25, -0.2) is 24.8 Å². The number of pyridine rings is 1. The fourth-order valence-electron chi connectivity index (χ4n) is 2.91. The van der Waals surface area contributed by atoms with Crippen molar-refractivity contribution in [1.29, 1.82) is 5.26 Å². The number of nitrogens with zero attached hydrogens (tertiary/aromatic N) is 6. The zero-order valence-electron chi connectivity index (χ0n) is 15.4. The van der Waals surface area contributed by atoms with E-state index in [0.29, 0.717) is 38.6 Å². The first kappa shape index (κ1) is 18.8. The third kappa shape index (κ3) is 3.59. The Morgan fingerprint density at radius 2 is 2.03 bits per heavy atom. The molecule has 0 aliphatic heterocycles. The van der Waals surface area contributed by atoms with Crippen molar-refractivity contribution >= 4 is 50.5 Å². The van der Waals surface area contributed by atoms with Crippen LogP contribution in [-0.2, 0) is 0 Å². The molecule has 0 radical (unpaired) electrons. The monoisotopic (exact) mass is 417 g/mol. The first-order valence-corrected chi connectivity index (χ1v) is 9.64. The Bertz CT molecular complexity index is 1330. The van der Waals surface area contributed by atoms with Gasteiger partial charge < -0.3 is 5.32 Å². The molecule has 0 spiro atoms. The molecular formula is C20H12ClN7S. The largest absolute Gasteiger partial charge is 0.324 e. The quantitative estimate of drug-likeness (QED) is 0.437. The van der Waals surface area contributed by atoms with E-state index in [1.165, 1.54) is 17.4 Å². The Morgan fingerprint density at radius 1 is 1.21 bits per heavy atom. The summed E-state index contributed by atoms with van der Waals surface area (Å²) in [6.07, 6.45) is 1.66. The molecule has 0 aliphatic rings. The van der Waals surface area contributed by atoms with Crippen LogP contribution in [0.1, 0.15) is 17.1 Å². The molecule has 7 nitrogen and oxygen atoms in total. The van der Waals surface area contributed by atoms with Gasteiger partial charge in [-0.1, -0.05) is 11.6 Å². The van der Waals surface area contributed by atoms with E-state index in [1.54, 1.807) is 18.3 Å². The lowest BCUT2D eigenvalue weighted by molar-refractivity contribution is 1.01. The lowest BCUT2D eigenvalue weighted by Gasteiger charge is -2.06. The normalized spacial score (nSPS) is 10.5. The predicted octanol–water partition coefficient (Wildman–Crippen LogP) is 5.58. The highest BCUT2D eigenvalue weighted by Gasteiger charge is 2.18. The average molecular weight is 418 g/mol. The van der Waals surface area contributed by atoms with Gasteiger partial charge in [-0.3, -0.25) is 0 Å². The highest BCUT2D eigenvalue weighted by atomic mass is 35.5. The number of thiazole rings is 1. The van der Waals surface area contributed by atoms with Crippen LogP contribution in [0.5, 0.6) is 0 Å². The fraction of sp³-hybridized carbons (Fsp3) is 0.100. The van der Waals surface area contributed by atoms with E-state index >= 15 is 0 Å². The van der Waals surface area contributed by atoms with E-state index in [9.17, 15) is 0 Å². The van der Waals surface area contributed by atoms with Gasteiger partial charge in [0.25, 0.3) is 0 Å². The Kier molecular flexibility index (Phi) is 4.81. The molecule has 1 N–H and O–H groups in total. The molecule has 4 aromatic rings. The van der Waals surface area contributed by atoms with Crippen molar-refractivity contribution in [3.8, 4) is 16.6 Å². The van der Waals surface area contributed by atoms with Gasteiger partial charge in [-0.05, 0) is 32.0 Å². The highest BCUT2D eigenvalue weighted by molar-refractivity contribution is 7.22. The summed E-state index contributed by atoms with van der Waals surface area (Å²) < 4.78 is 0.813.